The molecule has 0 amide bonds. The molecule has 2 heteroatoms. The maximum absolute atomic E-state index is 8.09. The first-order valence-electron chi connectivity index (χ1n) is 4.81. The third-order valence-electron chi connectivity index (χ3n) is 1.76. The maximum atomic E-state index is 8.09. The van der Waals surface area contributed by atoms with Gasteiger partial charge in [-0.2, -0.15) is 0 Å². The second-order valence-corrected chi connectivity index (χ2v) is 12.5. The fourth-order valence-corrected chi connectivity index (χ4v) is 4.11. The summed E-state index contributed by atoms with van der Waals surface area (Å²) in [5, 5.41) is 0. The van der Waals surface area contributed by atoms with Gasteiger partial charge in [0.05, 0.1) is 0 Å². The van der Waals surface area contributed by atoms with E-state index in [1.54, 1.807) is 0 Å². The molecule has 1 unspecified atom stereocenters. The molecule has 56 valence electrons. The predicted octanol–water partition coefficient (Wildman–Crippen LogP) is 2.21. The molecule has 0 aromatic rings. The van der Waals surface area contributed by atoms with E-state index in [9.17, 15) is 0 Å². The highest BCUT2D eigenvalue weighted by Gasteiger charge is 2.07. The summed E-state index contributed by atoms with van der Waals surface area (Å²) < 4.78 is 16.0. The molecule has 0 bridgehead atoms. The van der Waals surface area contributed by atoms with Crippen molar-refractivity contribution in [2.24, 2.45) is 0 Å². The van der Waals surface area contributed by atoms with Crippen LogP contribution in [0.4, 0.5) is 0 Å². The minimum atomic E-state index is -1.87. The number of hydrogen-bond acceptors (Lipinski definition) is 0. The van der Waals surface area contributed by atoms with Gasteiger partial charge in [0.25, 0.3) is 0 Å². The van der Waals surface area contributed by atoms with Gasteiger partial charge in [0, 0.05) is 19.0 Å². The lowest BCUT2D eigenvalue weighted by atomic mass is 10.4. The van der Waals surface area contributed by atoms with Crippen LogP contribution in [-0.4, -0.2) is 19.0 Å². The van der Waals surface area contributed by atoms with Gasteiger partial charge in [0.2, 0.25) is 0 Å². The largest absolute Gasteiger partial charge is 0.0743 e. The summed E-state index contributed by atoms with van der Waals surface area (Å²) in [4.78, 5) is 0. The van der Waals surface area contributed by atoms with Crippen LogP contribution in [0.25, 0.3) is 0 Å². The molecule has 9 heavy (non-hydrogen) atoms. The van der Waals surface area contributed by atoms with Crippen molar-refractivity contribution in [2.45, 2.75) is 45.5 Å². The Morgan fingerprint density at radius 3 is 2.22 bits per heavy atom. The number of hydrogen-bond donors (Lipinski definition) is 0. The molecule has 0 fully saturated rings. The third-order valence-corrected chi connectivity index (χ3v) is 10.4. The molecular formula is C7H20Si2. The molecule has 1 atom stereocenters. The van der Waals surface area contributed by atoms with Crippen LogP contribution in [0.1, 0.15) is 19.8 Å². The summed E-state index contributed by atoms with van der Waals surface area (Å²) >= 11 is 0. The van der Waals surface area contributed by atoms with Gasteiger partial charge in [0.1, 0.15) is 0 Å². The molecule has 0 spiro atoms. The van der Waals surface area contributed by atoms with E-state index in [4.69, 9.17) is 2.47 Å². The zero-order chi connectivity index (χ0) is 9.12. The van der Waals surface area contributed by atoms with E-state index in [1.807, 2.05) is 13.1 Å². The molecule has 0 saturated heterocycles. The molecule has 0 nitrogen and oxygen atoms in total. The van der Waals surface area contributed by atoms with E-state index >= 15 is 0 Å². The summed E-state index contributed by atoms with van der Waals surface area (Å²) in [6, 6.07) is 1.03. The van der Waals surface area contributed by atoms with E-state index < -0.39 is 16.5 Å². The lowest BCUT2D eigenvalue weighted by molar-refractivity contribution is 0.878. The highest BCUT2D eigenvalue weighted by Crippen LogP contribution is 2.03. The van der Waals surface area contributed by atoms with Crippen molar-refractivity contribution in [3.05, 3.63) is 0 Å². The summed E-state index contributed by atoms with van der Waals surface area (Å²) in [6.45, 7) is 8.24. The zero-order valence-electron chi connectivity index (χ0n) is 9.12. The monoisotopic (exact) mass is 162 g/mol. The van der Waals surface area contributed by atoms with Crippen LogP contribution in [0.3, 0.4) is 0 Å². The highest BCUT2D eigenvalue weighted by atomic mass is 29.2. The van der Waals surface area contributed by atoms with Crippen molar-refractivity contribution in [1.82, 2.24) is 0 Å². The molecule has 0 radical (unpaired) electrons. The van der Waals surface area contributed by atoms with Crippen LogP contribution in [0.5, 0.6) is 0 Å². The number of unbranched alkanes of at least 4 members (excludes halogenated alkanes) is 1. The van der Waals surface area contributed by atoms with Gasteiger partial charge in [0.15, 0.2) is 0 Å². The second kappa shape index (κ2) is 5.24. The van der Waals surface area contributed by atoms with Gasteiger partial charge in [-0.05, 0) is 0 Å². The summed E-state index contributed by atoms with van der Waals surface area (Å²) in [5.41, 5.74) is 0. The molecule has 0 aliphatic heterocycles. The Balaban J connectivity index is 4.00. The first-order valence-corrected chi connectivity index (χ1v) is 9.52. The summed E-state index contributed by atoms with van der Waals surface area (Å²) in [5.74, 6) is 0. The summed E-state index contributed by atoms with van der Waals surface area (Å²) in [7, 11) is -3.74. The van der Waals surface area contributed by atoms with Crippen LogP contribution in [-0.2, 0) is 0 Å². The Morgan fingerprint density at radius 1 is 1.33 bits per heavy atom. The topological polar surface area (TPSA) is 0 Å². The Bertz CT molecular complexity index is 118. The average molecular weight is 162 g/mol. The van der Waals surface area contributed by atoms with Gasteiger partial charge < -0.3 is 0 Å². The minimum absolute atomic E-state index is 1.03. The fraction of sp³-hybridized carbons (Fsp3) is 1.00. The SMILES string of the molecule is [2H][Si](C)(C)[Si]([2H])(C)CCCC. The zero-order valence-corrected chi connectivity index (χ0v) is 9.12. The average Bonchev–Trinajstić information content (AvgIpc) is 1.81. The molecule has 0 heterocycles. The van der Waals surface area contributed by atoms with Crippen LogP contribution in [0, 0.1) is 0 Å². The van der Waals surface area contributed by atoms with Crippen molar-refractivity contribution in [1.29, 1.82) is 2.47 Å². The molecule has 0 saturated carbocycles. The van der Waals surface area contributed by atoms with Crippen molar-refractivity contribution >= 4 is 16.5 Å². The van der Waals surface area contributed by atoms with Gasteiger partial charge in [-0.25, -0.2) is 0 Å². The Labute approximate surface area is 65.1 Å². The van der Waals surface area contributed by atoms with E-state index in [0.717, 1.165) is 12.5 Å². The quantitative estimate of drug-likeness (QED) is 0.556. The lowest BCUT2D eigenvalue weighted by Gasteiger charge is -2.10. The standard InChI is InChI=1S/C7H20Si2/c1-5-6-7-9(4)8(2)3/h8-9H,5-7H2,1-4H3/i8D,9D. The minimum Gasteiger partial charge on any atom is -0.0743 e. The van der Waals surface area contributed by atoms with Crippen LogP contribution >= 0.6 is 0 Å². The molecule has 0 aliphatic carbocycles. The molecular weight excluding hydrogens is 140 g/mol. The third kappa shape index (κ3) is 4.91. The van der Waals surface area contributed by atoms with E-state index in [2.05, 4.69) is 13.5 Å². The molecule has 0 N–H and O–H groups in total. The number of rotatable bonds is 4. The van der Waals surface area contributed by atoms with Gasteiger partial charge in [-0.15, -0.1) is 0 Å². The van der Waals surface area contributed by atoms with E-state index in [0.29, 0.717) is 0 Å². The van der Waals surface area contributed by atoms with Gasteiger partial charge in [-0.3, -0.25) is 0 Å². The molecule has 0 rings (SSSR count). The van der Waals surface area contributed by atoms with Crippen molar-refractivity contribution in [3.8, 4) is 0 Å². The van der Waals surface area contributed by atoms with Crippen molar-refractivity contribution < 1.29 is 0 Å². The molecule has 0 aliphatic rings. The van der Waals surface area contributed by atoms with Gasteiger partial charge >= 0.3 is 0 Å². The smallest absolute Gasteiger partial charge is 0.0244 e. The van der Waals surface area contributed by atoms with Gasteiger partial charge in [-0.1, -0.05) is 45.5 Å². The van der Waals surface area contributed by atoms with Crippen molar-refractivity contribution in [2.75, 3.05) is 0 Å². The van der Waals surface area contributed by atoms with Crippen LogP contribution in [0.2, 0.25) is 25.7 Å². The Morgan fingerprint density at radius 2 is 1.89 bits per heavy atom. The van der Waals surface area contributed by atoms with E-state index in [1.165, 1.54) is 6.42 Å². The first-order chi connectivity index (χ1) is 4.81. The highest BCUT2D eigenvalue weighted by molar-refractivity contribution is 7.20. The first kappa shape index (κ1) is 6.16. The maximum Gasteiger partial charge on any atom is 0.0244 e. The van der Waals surface area contributed by atoms with Crippen molar-refractivity contribution in [3.63, 3.8) is 0 Å². The molecule has 0 aromatic heterocycles. The summed E-state index contributed by atoms with van der Waals surface area (Å²) in [6.07, 6.45) is 2.33. The van der Waals surface area contributed by atoms with Crippen LogP contribution in [0.15, 0.2) is 0 Å². The van der Waals surface area contributed by atoms with E-state index in [-0.39, 0.29) is 0 Å². The Kier molecular flexibility index (Phi) is 3.59. The molecule has 0 aromatic carbocycles. The fourth-order valence-electron chi connectivity index (χ4n) is 0.692. The van der Waals surface area contributed by atoms with Crippen LogP contribution < -0.4 is 0 Å². The Hall–Kier alpha value is 0.434. The normalized spacial score (nSPS) is 22.2. The predicted molar refractivity (Wildman–Crippen MR) is 51.6 cm³/mol. The lowest BCUT2D eigenvalue weighted by Crippen LogP contribution is -2.25. The second-order valence-electron chi connectivity index (χ2n) is 2.88.